The van der Waals surface area contributed by atoms with Gasteiger partial charge in [-0.2, -0.15) is 0 Å². The highest BCUT2D eigenvalue weighted by Gasteiger charge is 2.07. The second kappa shape index (κ2) is 5.32. The van der Waals surface area contributed by atoms with Crippen molar-refractivity contribution in [3.05, 3.63) is 29.6 Å². The molecule has 3 heteroatoms. The minimum Gasteiger partial charge on any atom is -0.331 e. The Bertz CT molecular complexity index is 499. The first-order valence-corrected chi connectivity index (χ1v) is 6.40. The van der Waals surface area contributed by atoms with Gasteiger partial charge in [-0.05, 0) is 43.5 Å². The summed E-state index contributed by atoms with van der Waals surface area (Å²) in [6.07, 6.45) is 4.27. The summed E-state index contributed by atoms with van der Waals surface area (Å²) in [5.41, 5.74) is 9.22. The SMILES string of the molecule is CCCc1nc2cc(CCCN)ccc2n1C. The number of nitrogens with zero attached hydrogens (tertiary/aromatic N) is 2. The van der Waals surface area contributed by atoms with E-state index in [1.807, 2.05) is 0 Å². The number of hydrogen-bond donors (Lipinski definition) is 1. The van der Waals surface area contributed by atoms with E-state index >= 15 is 0 Å². The molecule has 92 valence electrons. The van der Waals surface area contributed by atoms with Crippen molar-refractivity contribution in [2.45, 2.75) is 32.6 Å². The van der Waals surface area contributed by atoms with Crippen LogP contribution < -0.4 is 5.73 Å². The number of imidazole rings is 1. The zero-order chi connectivity index (χ0) is 12.3. The smallest absolute Gasteiger partial charge is 0.109 e. The van der Waals surface area contributed by atoms with Crippen LogP contribution in [0.4, 0.5) is 0 Å². The number of aromatic nitrogens is 2. The molecule has 0 aliphatic rings. The van der Waals surface area contributed by atoms with Gasteiger partial charge in [-0.25, -0.2) is 4.98 Å². The van der Waals surface area contributed by atoms with Crippen molar-refractivity contribution in [3.8, 4) is 0 Å². The van der Waals surface area contributed by atoms with Crippen LogP contribution in [0, 0.1) is 0 Å². The fourth-order valence-electron chi connectivity index (χ4n) is 2.20. The largest absolute Gasteiger partial charge is 0.331 e. The third-order valence-corrected chi connectivity index (χ3v) is 3.18. The van der Waals surface area contributed by atoms with Gasteiger partial charge in [0.25, 0.3) is 0 Å². The van der Waals surface area contributed by atoms with E-state index in [4.69, 9.17) is 10.7 Å². The molecule has 0 fully saturated rings. The summed E-state index contributed by atoms with van der Waals surface area (Å²) in [4.78, 5) is 4.70. The summed E-state index contributed by atoms with van der Waals surface area (Å²) in [6.45, 7) is 2.94. The fourth-order valence-corrected chi connectivity index (χ4v) is 2.20. The topological polar surface area (TPSA) is 43.8 Å². The van der Waals surface area contributed by atoms with Gasteiger partial charge in [0.1, 0.15) is 5.82 Å². The van der Waals surface area contributed by atoms with Gasteiger partial charge < -0.3 is 10.3 Å². The minimum absolute atomic E-state index is 0.751. The Labute approximate surface area is 103 Å². The second-order valence-electron chi connectivity index (χ2n) is 4.55. The fraction of sp³-hybridized carbons (Fsp3) is 0.500. The first-order valence-electron chi connectivity index (χ1n) is 6.40. The molecule has 0 radical (unpaired) electrons. The summed E-state index contributed by atoms with van der Waals surface area (Å²) < 4.78 is 2.20. The zero-order valence-electron chi connectivity index (χ0n) is 10.7. The molecular formula is C14H21N3. The predicted molar refractivity (Wildman–Crippen MR) is 72.1 cm³/mol. The number of hydrogen-bond acceptors (Lipinski definition) is 2. The maximum atomic E-state index is 5.54. The van der Waals surface area contributed by atoms with Crippen LogP contribution in [0.25, 0.3) is 11.0 Å². The van der Waals surface area contributed by atoms with E-state index in [1.165, 1.54) is 16.9 Å². The summed E-state index contributed by atoms with van der Waals surface area (Å²) in [6, 6.07) is 6.56. The second-order valence-corrected chi connectivity index (χ2v) is 4.55. The van der Waals surface area contributed by atoms with Crippen LogP contribution in [0.1, 0.15) is 31.2 Å². The molecule has 1 heterocycles. The molecule has 0 aliphatic carbocycles. The molecule has 0 saturated carbocycles. The molecule has 0 aliphatic heterocycles. The van der Waals surface area contributed by atoms with Crippen LogP contribution in [-0.4, -0.2) is 16.1 Å². The van der Waals surface area contributed by atoms with Gasteiger partial charge in [-0.1, -0.05) is 13.0 Å². The Morgan fingerprint density at radius 1 is 1.29 bits per heavy atom. The van der Waals surface area contributed by atoms with Crippen LogP contribution in [0.5, 0.6) is 0 Å². The Hall–Kier alpha value is -1.35. The van der Waals surface area contributed by atoms with Gasteiger partial charge in [0.05, 0.1) is 11.0 Å². The quantitative estimate of drug-likeness (QED) is 0.858. The van der Waals surface area contributed by atoms with Gasteiger partial charge in [0.15, 0.2) is 0 Å². The molecule has 2 N–H and O–H groups in total. The Morgan fingerprint density at radius 3 is 2.82 bits per heavy atom. The molecule has 0 unspecified atom stereocenters. The molecule has 3 nitrogen and oxygen atoms in total. The maximum absolute atomic E-state index is 5.54. The molecule has 0 saturated heterocycles. The van der Waals surface area contributed by atoms with Gasteiger partial charge in [0, 0.05) is 13.5 Å². The van der Waals surface area contributed by atoms with E-state index in [0.717, 1.165) is 37.7 Å². The standard InChI is InChI=1S/C14H21N3/c1-3-5-14-16-12-10-11(6-4-9-15)7-8-13(12)17(14)2/h7-8,10H,3-6,9,15H2,1-2H3. The summed E-state index contributed by atoms with van der Waals surface area (Å²) in [5.74, 6) is 1.18. The number of nitrogens with two attached hydrogens (primary N) is 1. The third-order valence-electron chi connectivity index (χ3n) is 3.18. The number of rotatable bonds is 5. The Kier molecular flexibility index (Phi) is 3.79. The average Bonchev–Trinajstić information content (AvgIpc) is 2.64. The number of fused-ring (bicyclic) bond motifs is 1. The highest BCUT2D eigenvalue weighted by Crippen LogP contribution is 2.18. The normalized spacial score (nSPS) is 11.2. The van der Waals surface area contributed by atoms with Crippen molar-refractivity contribution < 1.29 is 0 Å². The Balaban J connectivity index is 2.34. The lowest BCUT2D eigenvalue weighted by Gasteiger charge is -2.01. The molecule has 0 amide bonds. The van der Waals surface area contributed by atoms with Crippen molar-refractivity contribution in [1.29, 1.82) is 0 Å². The van der Waals surface area contributed by atoms with Crippen molar-refractivity contribution >= 4 is 11.0 Å². The van der Waals surface area contributed by atoms with Crippen LogP contribution >= 0.6 is 0 Å². The van der Waals surface area contributed by atoms with E-state index in [0.29, 0.717) is 0 Å². The van der Waals surface area contributed by atoms with Gasteiger partial charge in [-0.3, -0.25) is 0 Å². The highest BCUT2D eigenvalue weighted by atomic mass is 15.1. The molecule has 1 aromatic carbocycles. The minimum atomic E-state index is 0.751. The van der Waals surface area contributed by atoms with Crippen molar-refractivity contribution in [2.75, 3.05) is 6.54 Å². The molecule has 2 rings (SSSR count). The highest BCUT2D eigenvalue weighted by molar-refractivity contribution is 5.76. The molecule has 17 heavy (non-hydrogen) atoms. The molecular weight excluding hydrogens is 210 g/mol. The lowest BCUT2D eigenvalue weighted by atomic mass is 10.1. The van der Waals surface area contributed by atoms with Crippen molar-refractivity contribution in [3.63, 3.8) is 0 Å². The summed E-state index contributed by atoms with van der Waals surface area (Å²) in [7, 11) is 2.10. The first kappa shape index (κ1) is 12.1. The van der Waals surface area contributed by atoms with Crippen molar-refractivity contribution in [1.82, 2.24) is 9.55 Å². The van der Waals surface area contributed by atoms with Crippen LogP contribution in [0.3, 0.4) is 0 Å². The van der Waals surface area contributed by atoms with Crippen LogP contribution in [0.15, 0.2) is 18.2 Å². The monoisotopic (exact) mass is 231 g/mol. The predicted octanol–water partition coefficient (Wildman–Crippen LogP) is 2.42. The van der Waals surface area contributed by atoms with Crippen LogP contribution in [-0.2, 0) is 19.9 Å². The van der Waals surface area contributed by atoms with Crippen molar-refractivity contribution in [2.24, 2.45) is 12.8 Å². The Morgan fingerprint density at radius 2 is 2.12 bits per heavy atom. The average molecular weight is 231 g/mol. The molecule has 0 spiro atoms. The third kappa shape index (κ3) is 2.50. The van der Waals surface area contributed by atoms with Gasteiger partial charge in [-0.15, -0.1) is 0 Å². The summed E-state index contributed by atoms with van der Waals surface area (Å²) in [5, 5.41) is 0. The van der Waals surface area contributed by atoms with E-state index in [9.17, 15) is 0 Å². The first-order chi connectivity index (χ1) is 8.26. The molecule has 0 atom stereocenters. The van der Waals surface area contributed by atoms with Gasteiger partial charge >= 0.3 is 0 Å². The van der Waals surface area contributed by atoms with E-state index < -0.39 is 0 Å². The molecule has 2 aromatic rings. The molecule has 1 aromatic heterocycles. The number of benzene rings is 1. The zero-order valence-corrected chi connectivity index (χ0v) is 10.7. The van der Waals surface area contributed by atoms with Gasteiger partial charge in [0.2, 0.25) is 0 Å². The molecule has 0 bridgehead atoms. The number of aryl methyl sites for hydroxylation is 3. The van der Waals surface area contributed by atoms with E-state index in [2.05, 4.69) is 36.7 Å². The maximum Gasteiger partial charge on any atom is 0.109 e. The van der Waals surface area contributed by atoms with E-state index in [-0.39, 0.29) is 0 Å². The summed E-state index contributed by atoms with van der Waals surface area (Å²) >= 11 is 0. The lowest BCUT2D eigenvalue weighted by Crippen LogP contribution is -2.00. The van der Waals surface area contributed by atoms with E-state index in [1.54, 1.807) is 0 Å². The van der Waals surface area contributed by atoms with Crippen LogP contribution in [0.2, 0.25) is 0 Å². The lowest BCUT2D eigenvalue weighted by molar-refractivity contribution is 0.773.